The van der Waals surface area contributed by atoms with Crippen molar-refractivity contribution in [3.63, 3.8) is 0 Å². The average molecular weight is 374 g/mol. The van der Waals surface area contributed by atoms with E-state index in [1.54, 1.807) is 36.6 Å². The lowest BCUT2D eigenvalue weighted by Crippen LogP contribution is -2.27. The van der Waals surface area contributed by atoms with Crippen molar-refractivity contribution in [2.75, 3.05) is 0 Å². The van der Waals surface area contributed by atoms with E-state index in [2.05, 4.69) is 30.2 Å². The van der Waals surface area contributed by atoms with Crippen molar-refractivity contribution in [1.29, 1.82) is 0 Å². The first-order chi connectivity index (χ1) is 11.8. The molecule has 0 fully saturated rings. The molecule has 2 aromatic heterocycles. The van der Waals surface area contributed by atoms with E-state index in [-0.39, 0.29) is 17.5 Å². The maximum Gasteiger partial charge on any atom is 0.261 e. The lowest BCUT2D eigenvalue weighted by atomic mass is 10.1. The minimum atomic E-state index is -0.183. The van der Waals surface area contributed by atoms with Crippen molar-refractivity contribution in [2.45, 2.75) is 26.8 Å². The molecule has 3 rings (SSSR count). The number of aromatic nitrogens is 2. The second kappa shape index (κ2) is 6.57. The lowest BCUT2D eigenvalue weighted by Gasteiger charge is -2.14. The van der Waals surface area contributed by atoms with Crippen molar-refractivity contribution in [1.82, 2.24) is 14.9 Å². The predicted octanol–water partition coefficient (Wildman–Crippen LogP) is 3.77. The zero-order valence-corrected chi connectivity index (χ0v) is 16.1. The number of nitrogens with one attached hydrogen (secondary N) is 2. The molecule has 1 atom stereocenters. The van der Waals surface area contributed by atoms with Gasteiger partial charge in [0.2, 0.25) is 0 Å². The monoisotopic (exact) mass is 373 g/mol. The van der Waals surface area contributed by atoms with Crippen LogP contribution >= 0.6 is 23.6 Å². The van der Waals surface area contributed by atoms with Crippen LogP contribution in [0.1, 0.15) is 38.6 Å². The average Bonchev–Trinajstić information content (AvgIpc) is 2.90. The molecule has 2 heterocycles. The summed E-state index contributed by atoms with van der Waals surface area (Å²) in [7, 11) is 1.62. The Morgan fingerprint density at radius 2 is 2.04 bits per heavy atom. The normalized spacial score (nSPS) is 12.3. The molecule has 3 aromatic rings. The Labute approximate surface area is 154 Å². The predicted molar refractivity (Wildman–Crippen MR) is 104 cm³/mol. The number of amides is 1. The van der Waals surface area contributed by atoms with Gasteiger partial charge in [0.1, 0.15) is 0 Å². The fourth-order valence-corrected chi connectivity index (χ4v) is 4.10. The van der Waals surface area contributed by atoms with Gasteiger partial charge >= 0.3 is 0 Å². The van der Waals surface area contributed by atoms with E-state index in [0.717, 1.165) is 5.56 Å². The minimum absolute atomic E-state index is 0.0877. The molecular formula is C18H19N3O2S2. The van der Waals surface area contributed by atoms with Crippen LogP contribution in [0, 0.1) is 18.6 Å². The number of thiophene rings is 1. The van der Waals surface area contributed by atoms with E-state index in [1.807, 2.05) is 6.92 Å². The Morgan fingerprint density at radius 1 is 1.32 bits per heavy atom. The Bertz CT molecular complexity index is 1090. The summed E-state index contributed by atoms with van der Waals surface area (Å²) in [5, 5.41) is 3.52. The van der Waals surface area contributed by atoms with Gasteiger partial charge in [-0.05, 0) is 62.8 Å². The number of aromatic amines is 1. The lowest BCUT2D eigenvalue weighted by molar-refractivity contribution is 0.0940. The van der Waals surface area contributed by atoms with Gasteiger partial charge in [-0.2, -0.15) is 0 Å². The van der Waals surface area contributed by atoms with Crippen LogP contribution in [0.4, 0.5) is 0 Å². The van der Waals surface area contributed by atoms with Gasteiger partial charge in [-0.3, -0.25) is 14.2 Å². The zero-order chi connectivity index (χ0) is 18.3. The van der Waals surface area contributed by atoms with Crippen molar-refractivity contribution in [2.24, 2.45) is 7.05 Å². The second-order valence-corrected chi connectivity index (χ2v) is 7.97. The molecular weight excluding hydrogens is 354 g/mol. The van der Waals surface area contributed by atoms with Crippen molar-refractivity contribution in [3.8, 4) is 0 Å². The molecule has 130 valence electrons. The molecule has 0 saturated heterocycles. The van der Waals surface area contributed by atoms with Gasteiger partial charge in [-0.1, -0.05) is 0 Å². The summed E-state index contributed by atoms with van der Waals surface area (Å²) in [6, 6.07) is 7.00. The number of H-pyrrole nitrogens is 1. The van der Waals surface area contributed by atoms with E-state index in [1.165, 1.54) is 14.3 Å². The first-order valence-corrected chi connectivity index (χ1v) is 9.11. The molecule has 0 saturated carbocycles. The van der Waals surface area contributed by atoms with Gasteiger partial charge in [0.25, 0.3) is 11.5 Å². The van der Waals surface area contributed by atoms with Crippen molar-refractivity contribution >= 4 is 40.4 Å². The van der Waals surface area contributed by atoms with Crippen molar-refractivity contribution in [3.05, 3.63) is 60.3 Å². The Morgan fingerprint density at radius 3 is 2.68 bits per heavy atom. The maximum atomic E-state index is 12.6. The summed E-state index contributed by atoms with van der Waals surface area (Å²) in [5.74, 6) is -0.183. The van der Waals surface area contributed by atoms with Gasteiger partial charge in [0.15, 0.2) is 4.77 Å². The third kappa shape index (κ3) is 3.29. The van der Waals surface area contributed by atoms with Gasteiger partial charge in [-0.25, -0.2) is 0 Å². The molecule has 1 amide bonds. The number of fused-ring (bicyclic) bond motifs is 1. The molecule has 0 radical (unpaired) electrons. The molecule has 0 bridgehead atoms. The first-order valence-electron chi connectivity index (χ1n) is 7.89. The molecule has 0 unspecified atom stereocenters. The summed E-state index contributed by atoms with van der Waals surface area (Å²) in [6.45, 7) is 6.08. The zero-order valence-electron chi connectivity index (χ0n) is 14.5. The maximum absolute atomic E-state index is 12.6. The van der Waals surface area contributed by atoms with E-state index < -0.39 is 0 Å². The van der Waals surface area contributed by atoms with Crippen LogP contribution in [0.2, 0.25) is 0 Å². The third-order valence-electron chi connectivity index (χ3n) is 4.26. The standard InChI is InChI=1S/C18H19N3O2S2/c1-9-7-14(11(3)25-9)10(2)19-16(22)12-5-6-13-15(8-12)20-18(24)21(4)17(13)23/h5-8,10H,1-4H3,(H,19,22)(H,20,24)/t10-/m1/s1. The molecule has 1 aromatic carbocycles. The number of aryl methyl sites for hydroxylation is 2. The van der Waals surface area contributed by atoms with Crippen LogP contribution in [0.15, 0.2) is 29.1 Å². The van der Waals surface area contributed by atoms with Crippen LogP contribution in [-0.4, -0.2) is 15.5 Å². The topological polar surface area (TPSA) is 66.9 Å². The van der Waals surface area contributed by atoms with E-state index in [4.69, 9.17) is 12.2 Å². The fourth-order valence-electron chi connectivity index (χ4n) is 2.89. The first kappa shape index (κ1) is 17.6. The summed E-state index contributed by atoms with van der Waals surface area (Å²) in [4.78, 5) is 30.2. The van der Waals surface area contributed by atoms with Gasteiger partial charge < -0.3 is 10.3 Å². The Hall–Kier alpha value is -2.25. The van der Waals surface area contributed by atoms with Crippen LogP contribution < -0.4 is 10.9 Å². The van der Waals surface area contributed by atoms with Crippen LogP contribution in [0.25, 0.3) is 10.9 Å². The summed E-state index contributed by atoms with van der Waals surface area (Å²) >= 11 is 6.86. The van der Waals surface area contributed by atoms with E-state index >= 15 is 0 Å². The number of benzene rings is 1. The van der Waals surface area contributed by atoms with Crippen molar-refractivity contribution < 1.29 is 4.79 Å². The highest BCUT2D eigenvalue weighted by Crippen LogP contribution is 2.26. The highest BCUT2D eigenvalue weighted by atomic mass is 32.1. The van der Waals surface area contributed by atoms with Crippen LogP contribution in [0.5, 0.6) is 0 Å². The quantitative estimate of drug-likeness (QED) is 0.687. The molecule has 0 aliphatic carbocycles. The number of rotatable bonds is 3. The van der Waals surface area contributed by atoms with Crippen LogP contribution in [0.3, 0.4) is 0 Å². The molecule has 25 heavy (non-hydrogen) atoms. The Balaban J connectivity index is 1.92. The van der Waals surface area contributed by atoms with E-state index in [9.17, 15) is 9.59 Å². The number of carbonyl (C=O) groups is 1. The molecule has 0 spiro atoms. The van der Waals surface area contributed by atoms with Gasteiger partial charge in [0, 0.05) is 22.4 Å². The number of nitrogens with zero attached hydrogens (tertiary/aromatic N) is 1. The summed E-state index contributed by atoms with van der Waals surface area (Å²) in [6.07, 6.45) is 0. The smallest absolute Gasteiger partial charge is 0.261 e. The summed E-state index contributed by atoms with van der Waals surface area (Å²) < 4.78 is 1.70. The third-order valence-corrected chi connectivity index (χ3v) is 5.61. The minimum Gasteiger partial charge on any atom is -0.345 e. The number of carbonyl (C=O) groups excluding carboxylic acids is 1. The number of hydrogen-bond donors (Lipinski definition) is 2. The molecule has 0 aliphatic heterocycles. The van der Waals surface area contributed by atoms with Gasteiger partial charge in [-0.15, -0.1) is 11.3 Å². The van der Waals surface area contributed by atoms with E-state index in [0.29, 0.717) is 21.2 Å². The van der Waals surface area contributed by atoms with Gasteiger partial charge in [0.05, 0.1) is 16.9 Å². The number of hydrogen-bond acceptors (Lipinski definition) is 4. The highest BCUT2D eigenvalue weighted by molar-refractivity contribution is 7.71. The van der Waals surface area contributed by atoms with Crippen LogP contribution in [-0.2, 0) is 7.05 Å². The second-order valence-electron chi connectivity index (χ2n) is 6.12. The molecule has 7 heteroatoms. The largest absolute Gasteiger partial charge is 0.345 e. The SMILES string of the molecule is Cc1cc([C@@H](C)NC(=O)c2ccc3c(=O)n(C)c(=S)[nH]c3c2)c(C)s1. The fraction of sp³-hybridized carbons (Fsp3) is 0.278. The molecule has 5 nitrogen and oxygen atoms in total. The summed E-state index contributed by atoms with van der Waals surface area (Å²) in [5.41, 5.74) is 2.01. The molecule has 2 N–H and O–H groups in total. The molecule has 0 aliphatic rings. The highest BCUT2D eigenvalue weighted by Gasteiger charge is 2.16. The Kier molecular flexibility index (Phi) is 4.62.